The van der Waals surface area contributed by atoms with Crippen LogP contribution in [0.15, 0.2) is 18.2 Å². The molecule has 5 nitrogen and oxygen atoms in total. The number of carbonyl (C=O) groups is 1. The Morgan fingerprint density at radius 3 is 2.50 bits per heavy atom. The second-order valence-corrected chi connectivity index (χ2v) is 6.05. The minimum atomic E-state index is -0.558. The van der Waals surface area contributed by atoms with Gasteiger partial charge in [-0.1, -0.05) is 29.3 Å². The van der Waals surface area contributed by atoms with Crippen molar-refractivity contribution in [2.45, 2.75) is 20.0 Å². The number of carbonyl (C=O) groups excluding carboxylic acids is 1. The van der Waals surface area contributed by atoms with E-state index < -0.39 is 6.10 Å². The van der Waals surface area contributed by atoms with Gasteiger partial charge in [0.05, 0.1) is 19.3 Å². The quantitative estimate of drug-likeness (QED) is 0.856. The molecular weight excluding hydrogens is 280 g/mol. The fraction of sp³-hybridized carbons (Fsp3) is 0.588. The molecule has 2 rings (SSSR count). The number of rotatable bonds is 6. The molecule has 1 aromatic carbocycles. The first kappa shape index (κ1) is 16.9. The summed E-state index contributed by atoms with van der Waals surface area (Å²) in [6.07, 6.45) is -0.558. The average molecular weight is 306 g/mol. The fourth-order valence-corrected chi connectivity index (χ4v) is 2.90. The maximum Gasteiger partial charge on any atom is 0.236 e. The Morgan fingerprint density at radius 2 is 1.91 bits per heavy atom. The third-order valence-electron chi connectivity index (χ3n) is 4.02. The van der Waals surface area contributed by atoms with Crippen LogP contribution in [0.2, 0.25) is 0 Å². The summed E-state index contributed by atoms with van der Waals surface area (Å²) in [7, 11) is 1.64. The number of benzene rings is 1. The summed E-state index contributed by atoms with van der Waals surface area (Å²) in [5, 5.41) is 10.4. The maximum atomic E-state index is 12.1. The van der Waals surface area contributed by atoms with Crippen LogP contribution >= 0.6 is 0 Å². The van der Waals surface area contributed by atoms with Crippen molar-refractivity contribution in [3.05, 3.63) is 34.9 Å². The highest BCUT2D eigenvalue weighted by Gasteiger charge is 2.25. The lowest BCUT2D eigenvalue weighted by Gasteiger charge is -2.35. The lowest BCUT2D eigenvalue weighted by molar-refractivity contribution is -0.137. The molecule has 1 N–H and O–H groups in total. The third kappa shape index (κ3) is 4.53. The molecule has 1 aromatic rings. The predicted molar refractivity (Wildman–Crippen MR) is 85.8 cm³/mol. The fourth-order valence-electron chi connectivity index (χ4n) is 2.90. The number of aryl methyl sites for hydroxylation is 2. The van der Waals surface area contributed by atoms with E-state index in [4.69, 9.17) is 4.74 Å². The Morgan fingerprint density at radius 1 is 1.23 bits per heavy atom. The molecule has 0 radical (unpaired) electrons. The molecule has 1 saturated heterocycles. The molecule has 1 fully saturated rings. The minimum absolute atomic E-state index is 0.107. The molecule has 1 aliphatic heterocycles. The highest BCUT2D eigenvalue weighted by Crippen LogP contribution is 2.19. The summed E-state index contributed by atoms with van der Waals surface area (Å²) in [6, 6.07) is 6.11. The summed E-state index contributed by atoms with van der Waals surface area (Å²) < 4.78 is 5.02. The van der Waals surface area contributed by atoms with Crippen molar-refractivity contribution in [1.82, 2.24) is 9.80 Å². The first-order valence-corrected chi connectivity index (χ1v) is 7.75. The van der Waals surface area contributed by atoms with Gasteiger partial charge in [-0.3, -0.25) is 9.69 Å². The van der Waals surface area contributed by atoms with Crippen molar-refractivity contribution in [2.75, 3.05) is 46.4 Å². The zero-order valence-electron chi connectivity index (χ0n) is 13.7. The van der Waals surface area contributed by atoms with Crippen LogP contribution in [-0.4, -0.2) is 67.3 Å². The third-order valence-corrected chi connectivity index (χ3v) is 4.02. The molecule has 5 heteroatoms. The first-order chi connectivity index (χ1) is 10.5. The van der Waals surface area contributed by atoms with Gasteiger partial charge >= 0.3 is 0 Å². The number of hydrogen-bond donors (Lipinski definition) is 1. The van der Waals surface area contributed by atoms with Crippen LogP contribution in [0, 0.1) is 13.8 Å². The monoisotopic (exact) mass is 306 g/mol. The van der Waals surface area contributed by atoms with Crippen LogP contribution in [0.1, 0.15) is 22.8 Å². The highest BCUT2D eigenvalue weighted by molar-refractivity contribution is 5.79. The van der Waals surface area contributed by atoms with E-state index in [1.54, 1.807) is 7.11 Å². The molecule has 0 saturated carbocycles. The molecule has 1 atom stereocenters. The second-order valence-electron chi connectivity index (χ2n) is 6.05. The van der Waals surface area contributed by atoms with Gasteiger partial charge in [-0.25, -0.2) is 0 Å². The van der Waals surface area contributed by atoms with Gasteiger partial charge in [-0.2, -0.15) is 0 Å². The van der Waals surface area contributed by atoms with Gasteiger partial charge in [0.25, 0.3) is 0 Å². The lowest BCUT2D eigenvalue weighted by atomic mass is 10.0. The zero-order valence-corrected chi connectivity index (χ0v) is 13.7. The van der Waals surface area contributed by atoms with Gasteiger partial charge < -0.3 is 14.7 Å². The summed E-state index contributed by atoms with van der Waals surface area (Å²) in [5.41, 5.74) is 3.22. The molecule has 0 aliphatic carbocycles. The standard InChI is InChI=1S/C17H26N2O3/c1-13-8-14(2)10-15(9-13)16(20)11-18-4-5-19(6-7-22-3)17(21)12-18/h8-10,16,20H,4-7,11-12H2,1-3H3. The molecule has 0 spiro atoms. The largest absolute Gasteiger partial charge is 0.387 e. The molecule has 1 unspecified atom stereocenters. The number of methoxy groups -OCH3 is 1. The van der Waals surface area contributed by atoms with E-state index in [-0.39, 0.29) is 5.91 Å². The molecule has 1 amide bonds. The summed E-state index contributed by atoms with van der Waals surface area (Å²) >= 11 is 0. The molecule has 1 aliphatic rings. The number of aliphatic hydroxyl groups is 1. The van der Waals surface area contributed by atoms with Crippen molar-refractivity contribution in [3.8, 4) is 0 Å². The first-order valence-electron chi connectivity index (χ1n) is 7.75. The van der Waals surface area contributed by atoms with Crippen LogP contribution in [0.4, 0.5) is 0 Å². The lowest BCUT2D eigenvalue weighted by Crippen LogP contribution is -2.51. The summed E-state index contributed by atoms with van der Waals surface area (Å²) in [4.78, 5) is 15.9. The van der Waals surface area contributed by atoms with Crippen molar-refractivity contribution < 1.29 is 14.6 Å². The van der Waals surface area contributed by atoms with E-state index in [0.717, 1.165) is 23.2 Å². The number of aliphatic hydroxyl groups excluding tert-OH is 1. The number of piperazine rings is 1. The molecule has 1 heterocycles. The van der Waals surface area contributed by atoms with Crippen LogP contribution < -0.4 is 0 Å². The highest BCUT2D eigenvalue weighted by atomic mass is 16.5. The van der Waals surface area contributed by atoms with E-state index in [0.29, 0.717) is 32.8 Å². The number of amides is 1. The van der Waals surface area contributed by atoms with Crippen molar-refractivity contribution in [1.29, 1.82) is 0 Å². The van der Waals surface area contributed by atoms with Gasteiger partial charge in [-0.05, 0) is 19.4 Å². The Kier molecular flexibility index (Phi) is 5.94. The van der Waals surface area contributed by atoms with Gasteiger partial charge in [0.2, 0.25) is 5.91 Å². The Labute approximate surface area is 132 Å². The second kappa shape index (κ2) is 7.72. The number of β-amino-alcohol motifs (C(OH)–C–C–N with tert-alkyl or cyclic N) is 1. The van der Waals surface area contributed by atoms with E-state index >= 15 is 0 Å². The normalized spacial score (nSPS) is 17.8. The van der Waals surface area contributed by atoms with E-state index in [1.165, 1.54) is 0 Å². The van der Waals surface area contributed by atoms with Crippen LogP contribution in [0.3, 0.4) is 0 Å². The molecule has 0 aromatic heterocycles. The van der Waals surface area contributed by atoms with Crippen LogP contribution in [0.5, 0.6) is 0 Å². The summed E-state index contributed by atoms with van der Waals surface area (Å²) in [6.45, 7) is 7.61. The van der Waals surface area contributed by atoms with E-state index in [1.807, 2.05) is 35.8 Å². The predicted octanol–water partition coefficient (Wildman–Crippen LogP) is 1.13. The van der Waals surface area contributed by atoms with Crippen molar-refractivity contribution in [3.63, 3.8) is 0 Å². The van der Waals surface area contributed by atoms with Crippen molar-refractivity contribution >= 4 is 5.91 Å². The maximum absolute atomic E-state index is 12.1. The Hall–Kier alpha value is -1.43. The van der Waals surface area contributed by atoms with Gasteiger partial charge in [0.15, 0.2) is 0 Å². The number of ether oxygens (including phenoxy) is 1. The van der Waals surface area contributed by atoms with E-state index in [2.05, 4.69) is 6.07 Å². The number of hydrogen-bond acceptors (Lipinski definition) is 4. The zero-order chi connectivity index (χ0) is 16.1. The minimum Gasteiger partial charge on any atom is -0.387 e. The van der Waals surface area contributed by atoms with Gasteiger partial charge in [0, 0.05) is 33.3 Å². The smallest absolute Gasteiger partial charge is 0.236 e. The number of nitrogens with zero attached hydrogens (tertiary/aromatic N) is 2. The SMILES string of the molecule is COCCN1CCN(CC(O)c2cc(C)cc(C)c2)CC1=O. The average Bonchev–Trinajstić information content (AvgIpc) is 2.45. The Balaban J connectivity index is 1.90. The van der Waals surface area contributed by atoms with Gasteiger partial charge in [-0.15, -0.1) is 0 Å². The Bertz CT molecular complexity index is 498. The molecule has 122 valence electrons. The van der Waals surface area contributed by atoms with Crippen LogP contribution in [-0.2, 0) is 9.53 Å². The van der Waals surface area contributed by atoms with Gasteiger partial charge in [0.1, 0.15) is 0 Å². The molecule has 0 bridgehead atoms. The molecular formula is C17H26N2O3. The summed E-state index contributed by atoms with van der Waals surface area (Å²) in [5.74, 6) is 0.107. The van der Waals surface area contributed by atoms with Crippen LogP contribution in [0.25, 0.3) is 0 Å². The topological polar surface area (TPSA) is 53.0 Å². The van der Waals surface area contributed by atoms with Crippen molar-refractivity contribution in [2.24, 2.45) is 0 Å². The van der Waals surface area contributed by atoms with E-state index in [9.17, 15) is 9.90 Å². The molecule has 22 heavy (non-hydrogen) atoms.